The second kappa shape index (κ2) is 4.61. The highest BCUT2D eigenvalue weighted by molar-refractivity contribution is 5.86. The van der Waals surface area contributed by atoms with Crippen LogP contribution in [-0.4, -0.2) is 26.1 Å². The summed E-state index contributed by atoms with van der Waals surface area (Å²) in [6.45, 7) is 1.77. The van der Waals surface area contributed by atoms with Gasteiger partial charge in [-0.3, -0.25) is 4.79 Å². The zero-order valence-electron chi connectivity index (χ0n) is 10.4. The molecule has 0 amide bonds. The minimum atomic E-state index is -0.167. The van der Waals surface area contributed by atoms with Gasteiger partial charge in [-0.1, -0.05) is 48.1 Å². The number of rotatable bonds is 2. The Bertz CT molecular complexity index is 748. The normalized spacial score (nSPS) is 10.8. The van der Waals surface area contributed by atoms with E-state index in [4.69, 9.17) is 0 Å². The van der Waals surface area contributed by atoms with Crippen molar-refractivity contribution in [2.24, 2.45) is 0 Å². The minimum Gasteiger partial charge on any atom is -0.271 e. The van der Waals surface area contributed by atoms with Crippen LogP contribution in [0, 0.1) is 0 Å². The van der Waals surface area contributed by atoms with Crippen LogP contribution in [0.2, 0.25) is 0 Å². The number of carbonyl (C=O) groups excluding carboxylic acids is 1. The van der Waals surface area contributed by atoms with Crippen LogP contribution in [-0.2, 0) is 0 Å². The first-order chi connectivity index (χ1) is 9.28. The standard InChI is InChI=1S/C14H12N4O/c1-2-13(19)18-16-14(15-17-18)12-8-7-10-5-3-4-6-11(10)9-12/h3-9H,2H2,1H3. The van der Waals surface area contributed by atoms with Crippen molar-refractivity contribution in [3.05, 3.63) is 42.5 Å². The molecule has 1 aromatic heterocycles. The Kier molecular flexibility index (Phi) is 2.79. The summed E-state index contributed by atoms with van der Waals surface area (Å²) in [5.41, 5.74) is 0.855. The molecule has 0 saturated carbocycles. The SMILES string of the molecule is CCC(=O)n1nnc(-c2ccc3ccccc3c2)n1. The number of hydrogen-bond donors (Lipinski definition) is 0. The number of tetrazole rings is 1. The first-order valence-corrected chi connectivity index (χ1v) is 6.10. The first kappa shape index (κ1) is 11.5. The molecule has 0 aliphatic rings. The Morgan fingerprint density at radius 2 is 1.95 bits per heavy atom. The van der Waals surface area contributed by atoms with Gasteiger partial charge in [0.25, 0.3) is 5.91 Å². The van der Waals surface area contributed by atoms with Gasteiger partial charge in [0.2, 0.25) is 5.82 Å². The van der Waals surface area contributed by atoms with E-state index in [-0.39, 0.29) is 5.91 Å². The van der Waals surface area contributed by atoms with Crippen LogP contribution in [0.15, 0.2) is 42.5 Å². The fraction of sp³-hybridized carbons (Fsp3) is 0.143. The third-order valence-corrected chi connectivity index (χ3v) is 2.95. The van der Waals surface area contributed by atoms with Gasteiger partial charge in [0, 0.05) is 12.0 Å². The molecule has 5 heteroatoms. The topological polar surface area (TPSA) is 60.7 Å². The van der Waals surface area contributed by atoms with E-state index in [1.165, 1.54) is 0 Å². The summed E-state index contributed by atoms with van der Waals surface area (Å²) in [5.74, 6) is 0.298. The Hall–Kier alpha value is -2.56. The van der Waals surface area contributed by atoms with Gasteiger partial charge in [0.15, 0.2) is 0 Å². The zero-order chi connectivity index (χ0) is 13.2. The highest BCUT2D eigenvalue weighted by Crippen LogP contribution is 2.21. The second-order valence-corrected chi connectivity index (χ2v) is 4.21. The summed E-state index contributed by atoms with van der Waals surface area (Å²) in [7, 11) is 0. The molecule has 0 N–H and O–H groups in total. The summed E-state index contributed by atoms with van der Waals surface area (Å²) in [6, 6.07) is 14.0. The molecule has 0 atom stereocenters. The van der Waals surface area contributed by atoms with Gasteiger partial charge in [-0.25, -0.2) is 0 Å². The Balaban J connectivity index is 2.04. The third kappa shape index (κ3) is 2.10. The molecule has 0 saturated heterocycles. The first-order valence-electron chi connectivity index (χ1n) is 6.10. The van der Waals surface area contributed by atoms with Gasteiger partial charge in [-0.2, -0.15) is 0 Å². The molecular formula is C14H12N4O. The molecule has 94 valence electrons. The monoisotopic (exact) mass is 252 g/mol. The second-order valence-electron chi connectivity index (χ2n) is 4.21. The van der Waals surface area contributed by atoms with E-state index in [2.05, 4.69) is 15.4 Å². The van der Waals surface area contributed by atoms with Crippen molar-refractivity contribution >= 4 is 16.7 Å². The smallest absolute Gasteiger partial charge is 0.266 e. The van der Waals surface area contributed by atoms with E-state index < -0.39 is 0 Å². The van der Waals surface area contributed by atoms with Crippen molar-refractivity contribution in [1.82, 2.24) is 20.2 Å². The average Bonchev–Trinajstić information content (AvgIpc) is 2.95. The van der Waals surface area contributed by atoms with Gasteiger partial charge in [-0.05, 0) is 22.1 Å². The molecule has 1 heterocycles. The molecule has 0 fully saturated rings. The quantitative estimate of drug-likeness (QED) is 0.703. The van der Waals surface area contributed by atoms with Crippen molar-refractivity contribution in [3.8, 4) is 11.4 Å². The third-order valence-electron chi connectivity index (χ3n) is 2.95. The summed E-state index contributed by atoms with van der Waals surface area (Å²) >= 11 is 0. The molecule has 3 rings (SSSR count). The number of aromatic nitrogens is 4. The number of benzene rings is 2. The minimum absolute atomic E-state index is 0.167. The van der Waals surface area contributed by atoms with E-state index in [0.29, 0.717) is 12.2 Å². The maximum Gasteiger partial charge on any atom is 0.266 e. The van der Waals surface area contributed by atoms with Gasteiger partial charge in [0.1, 0.15) is 0 Å². The average molecular weight is 252 g/mol. The molecule has 2 aromatic carbocycles. The van der Waals surface area contributed by atoms with E-state index in [1.54, 1.807) is 6.92 Å². The van der Waals surface area contributed by atoms with Gasteiger partial charge in [0.05, 0.1) is 0 Å². The van der Waals surface area contributed by atoms with Crippen LogP contribution in [0.1, 0.15) is 18.1 Å². The lowest BCUT2D eigenvalue weighted by Crippen LogP contribution is -2.12. The number of fused-ring (bicyclic) bond motifs is 1. The van der Waals surface area contributed by atoms with Crippen LogP contribution in [0.4, 0.5) is 0 Å². The Morgan fingerprint density at radius 3 is 2.74 bits per heavy atom. The van der Waals surface area contributed by atoms with E-state index in [9.17, 15) is 4.79 Å². The maximum absolute atomic E-state index is 11.5. The molecule has 3 aromatic rings. The predicted octanol–water partition coefficient (Wildman–Crippen LogP) is 2.54. The highest BCUT2D eigenvalue weighted by Gasteiger charge is 2.10. The van der Waals surface area contributed by atoms with Crippen molar-refractivity contribution < 1.29 is 4.79 Å². The molecule has 0 aliphatic heterocycles. The van der Waals surface area contributed by atoms with Crippen LogP contribution in [0.5, 0.6) is 0 Å². The largest absolute Gasteiger partial charge is 0.271 e. The molecular weight excluding hydrogens is 240 g/mol. The maximum atomic E-state index is 11.5. The zero-order valence-corrected chi connectivity index (χ0v) is 10.4. The van der Waals surface area contributed by atoms with Gasteiger partial charge >= 0.3 is 0 Å². The molecule has 0 radical (unpaired) electrons. The molecule has 19 heavy (non-hydrogen) atoms. The van der Waals surface area contributed by atoms with Crippen molar-refractivity contribution in [2.45, 2.75) is 13.3 Å². The summed E-state index contributed by atoms with van der Waals surface area (Å²) in [6.07, 6.45) is 0.355. The van der Waals surface area contributed by atoms with Gasteiger partial charge in [-0.15, -0.1) is 10.2 Å². The molecule has 0 aliphatic carbocycles. The Labute approximate surface area is 109 Å². The van der Waals surface area contributed by atoms with E-state index in [1.807, 2.05) is 42.5 Å². The molecule has 0 bridgehead atoms. The van der Waals surface area contributed by atoms with E-state index in [0.717, 1.165) is 21.1 Å². The van der Waals surface area contributed by atoms with Crippen LogP contribution in [0.25, 0.3) is 22.2 Å². The Morgan fingerprint density at radius 1 is 1.16 bits per heavy atom. The number of hydrogen-bond acceptors (Lipinski definition) is 4. The van der Waals surface area contributed by atoms with Crippen molar-refractivity contribution in [1.29, 1.82) is 0 Å². The summed E-state index contributed by atoms with van der Waals surface area (Å²) in [5, 5.41) is 14.1. The summed E-state index contributed by atoms with van der Waals surface area (Å²) < 4.78 is 0. The fourth-order valence-electron chi connectivity index (χ4n) is 1.91. The molecule has 0 unspecified atom stereocenters. The number of carbonyl (C=O) groups is 1. The summed E-state index contributed by atoms with van der Waals surface area (Å²) in [4.78, 5) is 12.5. The van der Waals surface area contributed by atoms with Gasteiger partial charge < -0.3 is 0 Å². The van der Waals surface area contributed by atoms with E-state index >= 15 is 0 Å². The molecule has 0 spiro atoms. The lowest BCUT2D eigenvalue weighted by atomic mass is 10.1. The molecule has 5 nitrogen and oxygen atoms in total. The van der Waals surface area contributed by atoms with Crippen molar-refractivity contribution in [3.63, 3.8) is 0 Å². The van der Waals surface area contributed by atoms with Crippen molar-refractivity contribution in [2.75, 3.05) is 0 Å². The van der Waals surface area contributed by atoms with Crippen LogP contribution in [0.3, 0.4) is 0 Å². The number of nitrogens with zero attached hydrogens (tertiary/aromatic N) is 4. The van der Waals surface area contributed by atoms with Crippen LogP contribution >= 0.6 is 0 Å². The predicted molar refractivity (Wildman–Crippen MR) is 71.7 cm³/mol. The lowest BCUT2D eigenvalue weighted by Gasteiger charge is -1.99. The highest BCUT2D eigenvalue weighted by atomic mass is 16.2. The van der Waals surface area contributed by atoms with Crippen LogP contribution < -0.4 is 0 Å². The fourth-order valence-corrected chi connectivity index (χ4v) is 1.91. The lowest BCUT2D eigenvalue weighted by molar-refractivity contribution is 0.0872.